The van der Waals surface area contributed by atoms with Crippen LogP contribution in [0.2, 0.25) is 0 Å². The lowest BCUT2D eigenvalue weighted by molar-refractivity contribution is 0.0689. The Balaban J connectivity index is 1.55. The second-order valence-corrected chi connectivity index (χ2v) is 4.45. The Morgan fingerprint density at radius 2 is 2.26 bits per heavy atom. The number of hydrogen-bond donors (Lipinski definition) is 1. The van der Waals surface area contributed by atoms with Gasteiger partial charge in [-0.25, -0.2) is 9.48 Å². The molecule has 9 nitrogen and oxygen atoms in total. The third kappa shape index (κ3) is 2.32. The van der Waals surface area contributed by atoms with E-state index in [1.807, 2.05) is 0 Å². The van der Waals surface area contributed by atoms with E-state index in [0.717, 1.165) is 13.1 Å². The van der Waals surface area contributed by atoms with E-state index in [9.17, 15) is 4.79 Å². The summed E-state index contributed by atoms with van der Waals surface area (Å²) in [6, 6.07) is 0.143. The van der Waals surface area contributed by atoms with E-state index in [4.69, 9.17) is 9.52 Å². The molecule has 0 radical (unpaired) electrons. The van der Waals surface area contributed by atoms with Crippen LogP contribution in [0.3, 0.4) is 0 Å². The van der Waals surface area contributed by atoms with Crippen LogP contribution in [-0.4, -0.2) is 54.3 Å². The number of aromatic carboxylic acids is 1. The van der Waals surface area contributed by atoms with Gasteiger partial charge in [0, 0.05) is 20.0 Å². The van der Waals surface area contributed by atoms with Gasteiger partial charge in [-0.2, -0.15) is 0 Å². The Labute approximate surface area is 107 Å². The molecule has 0 atom stereocenters. The molecule has 1 saturated heterocycles. The van der Waals surface area contributed by atoms with Gasteiger partial charge in [-0.15, -0.1) is 15.3 Å². The van der Waals surface area contributed by atoms with Crippen molar-refractivity contribution in [3.8, 4) is 0 Å². The standard InChI is InChI=1S/C10H12N6O3/c1-6-11-13-9(19-6)5-15-2-7(3-15)16-4-8(10(17)18)12-14-16/h4,7H,2-3,5H2,1H3,(H,17,18). The van der Waals surface area contributed by atoms with E-state index in [0.29, 0.717) is 18.3 Å². The predicted octanol–water partition coefficient (Wildman–Crippen LogP) is -0.275. The highest BCUT2D eigenvalue weighted by molar-refractivity contribution is 5.84. The average Bonchev–Trinajstić information content (AvgIpc) is 2.91. The Hall–Kier alpha value is -2.29. The molecule has 1 aliphatic rings. The van der Waals surface area contributed by atoms with Gasteiger partial charge in [0.25, 0.3) is 0 Å². The average molecular weight is 264 g/mol. The molecule has 2 aromatic heterocycles. The second-order valence-electron chi connectivity index (χ2n) is 4.45. The van der Waals surface area contributed by atoms with E-state index in [2.05, 4.69) is 25.4 Å². The molecule has 0 aromatic carbocycles. The first-order valence-electron chi connectivity index (χ1n) is 5.78. The highest BCUT2D eigenvalue weighted by Gasteiger charge is 2.30. The number of likely N-dealkylation sites (tertiary alicyclic amines) is 1. The Morgan fingerprint density at radius 1 is 1.47 bits per heavy atom. The summed E-state index contributed by atoms with van der Waals surface area (Å²) in [6.45, 7) is 3.85. The van der Waals surface area contributed by atoms with Crippen molar-refractivity contribution < 1.29 is 14.3 Å². The van der Waals surface area contributed by atoms with E-state index in [1.165, 1.54) is 6.20 Å². The molecule has 3 heterocycles. The highest BCUT2D eigenvalue weighted by Crippen LogP contribution is 2.22. The summed E-state index contributed by atoms with van der Waals surface area (Å²) in [5.74, 6) is 0.0685. The van der Waals surface area contributed by atoms with Gasteiger partial charge in [0.05, 0.1) is 18.8 Å². The lowest BCUT2D eigenvalue weighted by Crippen LogP contribution is -2.47. The van der Waals surface area contributed by atoms with Crippen LogP contribution >= 0.6 is 0 Å². The van der Waals surface area contributed by atoms with Crippen LogP contribution in [0.4, 0.5) is 0 Å². The first-order chi connectivity index (χ1) is 9.11. The molecular weight excluding hydrogens is 252 g/mol. The molecule has 1 N–H and O–H groups in total. The molecule has 1 fully saturated rings. The van der Waals surface area contributed by atoms with Crippen LogP contribution in [0, 0.1) is 6.92 Å². The van der Waals surface area contributed by atoms with Crippen LogP contribution in [0.1, 0.15) is 28.3 Å². The summed E-state index contributed by atoms with van der Waals surface area (Å²) in [7, 11) is 0. The number of hydrogen-bond acceptors (Lipinski definition) is 7. The monoisotopic (exact) mass is 264 g/mol. The van der Waals surface area contributed by atoms with Gasteiger partial charge in [-0.05, 0) is 0 Å². The van der Waals surface area contributed by atoms with E-state index in [-0.39, 0.29) is 11.7 Å². The first-order valence-corrected chi connectivity index (χ1v) is 5.78. The summed E-state index contributed by atoms with van der Waals surface area (Å²) in [6.07, 6.45) is 1.45. The van der Waals surface area contributed by atoms with Gasteiger partial charge < -0.3 is 9.52 Å². The minimum atomic E-state index is -1.07. The van der Waals surface area contributed by atoms with Gasteiger partial charge in [-0.3, -0.25) is 4.90 Å². The normalized spacial score (nSPS) is 16.5. The summed E-state index contributed by atoms with van der Waals surface area (Å²) in [4.78, 5) is 12.8. The lowest BCUT2D eigenvalue weighted by atomic mass is 10.1. The molecule has 0 saturated carbocycles. The van der Waals surface area contributed by atoms with Crippen molar-refractivity contribution in [1.29, 1.82) is 0 Å². The van der Waals surface area contributed by atoms with Crippen LogP contribution < -0.4 is 0 Å². The number of carboxylic acids is 1. The third-order valence-corrected chi connectivity index (χ3v) is 2.97. The van der Waals surface area contributed by atoms with Crippen LogP contribution in [0.15, 0.2) is 10.6 Å². The van der Waals surface area contributed by atoms with Gasteiger partial charge in [0.2, 0.25) is 11.8 Å². The van der Waals surface area contributed by atoms with Crippen molar-refractivity contribution in [2.24, 2.45) is 0 Å². The number of nitrogens with zero attached hydrogens (tertiary/aromatic N) is 6. The zero-order valence-corrected chi connectivity index (χ0v) is 10.2. The molecule has 9 heteroatoms. The zero-order chi connectivity index (χ0) is 13.4. The van der Waals surface area contributed by atoms with Crippen molar-refractivity contribution in [3.63, 3.8) is 0 Å². The number of rotatable bonds is 4. The SMILES string of the molecule is Cc1nnc(CN2CC(n3cc(C(=O)O)nn3)C2)o1. The number of aromatic nitrogens is 5. The minimum absolute atomic E-state index is 0.0361. The maximum atomic E-state index is 10.7. The highest BCUT2D eigenvalue weighted by atomic mass is 16.4. The van der Waals surface area contributed by atoms with Gasteiger partial charge in [0.15, 0.2) is 5.69 Å². The molecule has 2 aromatic rings. The first kappa shape index (κ1) is 11.8. The summed E-state index contributed by atoms with van der Waals surface area (Å²) >= 11 is 0. The maximum absolute atomic E-state index is 10.7. The maximum Gasteiger partial charge on any atom is 0.358 e. The van der Waals surface area contributed by atoms with Crippen molar-refractivity contribution >= 4 is 5.97 Å². The van der Waals surface area contributed by atoms with Crippen molar-refractivity contribution in [1.82, 2.24) is 30.1 Å². The molecule has 19 heavy (non-hydrogen) atoms. The minimum Gasteiger partial charge on any atom is -0.476 e. The molecule has 0 bridgehead atoms. The van der Waals surface area contributed by atoms with E-state index < -0.39 is 5.97 Å². The quantitative estimate of drug-likeness (QED) is 0.803. The molecular formula is C10H12N6O3. The second kappa shape index (κ2) is 4.43. The predicted molar refractivity (Wildman–Crippen MR) is 60.3 cm³/mol. The van der Waals surface area contributed by atoms with E-state index in [1.54, 1.807) is 11.6 Å². The number of carboxylic acid groups (broad SMARTS) is 1. The Kier molecular flexibility index (Phi) is 2.75. The fraction of sp³-hybridized carbons (Fsp3) is 0.500. The van der Waals surface area contributed by atoms with Gasteiger partial charge in [-0.1, -0.05) is 5.21 Å². The molecule has 0 unspecified atom stereocenters. The Bertz CT molecular complexity index is 600. The van der Waals surface area contributed by atoms with Crippen molar-refractivity contribution in [2.45, 2.75) is 19.5 Å². The molecule has 0 aliphatic carbocycles. The van der Waals surface area contributed by atoms with Crippen LogP contribution in [0.25, 0.3) is 0 Å². The van der Waals surface area contributed by atoms with Gasteiger partial charge in [0.1, 0.15) is 0 Å². The fourth-order valence-corrected chi connectivity index (χ4v) is 1.98. The van der Waals surface area contributed by atoms with Gasteiger partial charge >= 0.3 is 5.97 Å². The summed E-state index contributed by atoms with van der Waals surface area (Å²) in [5, 5.41) is 23.8. The molecule has 3 rings (SSSR count). The van der Waals surface area contributed by atoms with Crippen LogP contribution in [0.5, 0.6) is 0 Å². The van der Waals surface area contributed by atoms with Crippen molar-refractivity contribution in [3.05, 3.63) is 23.7 Å². The zero-order valence-electron chi connectivity index (χ0n) is 10.2. The number of aryl methyl sites for hydroxylation is 1. The Morgan fingerprint density at radius 3 is 2.84 bits per heavy atom. The van der Waals surface area contributed by atoms with Crippen molar-refractivity contribution in [2.75, 3.05) is 13.1 Å². The largest absolute Gasteiger partial charge is 0.476 e. The van der Waals surface area contributed by atoms with E-state index >= 15 is 0 Å². The van der Waals surface area contributed by atoms with Crippen LogP contribution in [-0.2, 0) is 6.54 Å². The summed E-state index contributed by atoms with van der Waals surface area (Å²) in [5.41, 5.74) is -0.0361. The fourth-order valence-electron chi connectivity index (χ4n) is 1.98. The molecule has 0 amide bonds. The number of carbonyl (C=O) groups is 1. The topological polar surface area (TPSA) is 110 Å². The molecule has 0 spiro atoms. The third-order valence-electron chi connectivity index (χ3n) is 2.97. The lowest BCUT2D eigenvalue weighted by Gasteiger charge is -2.37. The molecule has 1 aliphatic heterocycles. The molecule has 100 valence electrons. The summed E-state index contributed by atoms with van der Waals surface area (Å²) < 4.78 is 6.87. The smallest absolute Gasteiger partial charge is 0.358 e.